The number of aliphatic hydroxyl groups excluding tert-OH is 4. The molecule has 1 heterocycles. The number of rotatable bonds is 17. The summed E-state index contributed by atoms with van der Waals surface area (Å²) in [5.74, 6) is -1.05. The second-order valence-electron chi connectivity index (χ2n) is 13.4. The Kier molecular flexibility index (Phi) is 28.3. The fourth-order valence-corrected chi connectivity index (χ4v) is 6.42. The maximum Gasteiger partial charge on any atom is 2.00 e. The van der Waals surface area contributed by atoms with Gasteiger partial charge in [-0.05, 0) is 65.2 Å². The molecule has 0 aromatic heterocycles. The molecule has 3 aliphatic rings. The number of hydrogen-bond donors (Lipinski definition) is 4. The summed E-state index contributed by atoms with van der Waals surface area (Å²) in [4.78, 5) is 24.4. The molecular weight excluding hydrogens is 660 g/mol. The van der Waals surface area contributed by atoms with E-state index in [1.54, 1.807) is 13.8 Å². The third-order valence-electron chi connectivity index (χ3n) is 8.97. The Labute approximate surface area is 302 Å². The van der Waals surface area contributed by atoms with Gasteiger partial charge in [-0.15, -0.1) is 0 Å². The molecule has 0 aromatic carbocycles. The van der Waals surface area contributed by atoms with E-state index >= 15 is 0 Å². The van der Waals surface area contributed by atoms with Gasteiger partial charge in [-0.25, -0.2) is 9.59 Å². The predicted octanol–water partition coefficient (Wildman–Crippen LogP) is 6.16. The van der Waals surface area contributed by atoms with Crippen LogP contribution in [-0.4, -0.2) is 87.5 Å². The largest absolute Gasteiger partial charge is 2.00 e. The summed E-state index contributed by atoms with van der Waals surface area (Å²) in [6.45, 7) is 7.30. The normalized spacial score (nSPS) is 24.7. The first kappa shape index (κ1) is 49.1. The zero-order valence-corrected chi connectivity index (χ0v) is 31.6. The molecule has 9 unspecified atom stereocenters. The number of carbonyl (C=O) groups excluding carboxylic acids is 2. The Bertz CT molecular complexity index is 840. The monoisotopic (exact) mass is 728 g/mol. The molecule has 1 saturated heterocycles. The van der Waals surface area contributed by atoms with E-state index < -0.39 is 48.6 Å². The van der Waals surface area contributed by atoms with Crippen LogP contribution in [-0.2, 0) is 45.6 Å². The van der Waals surface area contributed by atoms with Crippen molar-refractivity contribution in [3.63, 3.8) is 0 Å². The second-order valence-corrected chi connectivity index (χ2v) is 13.4. The summed E-state index contributed by atoms with van der Waals surface area (Å²) < 4.78 is 22.8. The summed E-state index contributed by atoms with van der Waals surface area (Å²) in [6, 6.07) is 0. The third-order valence-corrected chi connectivity index (χ3v) is 8.97. The van der Waals surface area contributed by atoms with Crippen molar-refractivity contribution in [3.05, 3.63) is 27.0 Å². The molecule has 3 rings (SSSR count). The molecule has 3 fully saturated rings. The number of aliphatic hydroxyl groups is 4. The van der Waals surface area contributed by atoms with Crippen LogP contribution in [0.15, 0.2) is 12.2 Å². The first-order valence-electron chi connectivity index (χ1n) is 17.6. The van der Waals surface area contributed by atoms with E-state index in [2.05, 4.69) is 0 Å². The Hall–Kier alpha value is -1.04. The van der Waals surface area contributed by atoms with Gasteiger partial charge >= 0.3 is 29.0 Å². The molecule has 0 aromatic rings. The first-order valence-corrected chi connectivity index (χ1v) is 17.6. The molecule has 1 aliphatic heterocycles. The summed E-state index contributed by atoms with van der Waals surface area (Å²) in [5, 5.41) is 40.4. The van der Waals surface area contributed by atoms with Crippen molar-refractivity contribution in [3.8, 4) is 0 Å². The van der Waals surface area contributed by atoms with Crippen LogP contribution in [0.25, 0.3) is 0 Å². The second kappa shape index (κ2) is 27.7. The van der Waals surface area contributed by atoms with Crippen LogP contribution in [0.4, 0.5) is 0 Å². The van der Waals surface area contributed by atoms with Crippen LogP contribution in [0.5, 0.6) is 0 Å². The minimum absolute atomic E-state index is 0. The van der Waals surface area contributed by atoms with Crippen LogP contribution in [0.2, 0.25) is 0 Å². The van der Waals surface area contributed by atoms with Gasteiger partial charge in [0, 0.05) is 30.9 Å². The van der Waals surface area contributed by atoms with Crippen LogP contribution >= 0.6 is 0 Å². The van der Waals surface area contributed by atoms with E-state index in [9.17, 15) is 30.0 Å². The van der Waals surface area contributed by atoms with E-state index in [0.29, 0.717) is 31.6 Å². The minimum Gasteiger partial charge on any atom is -0.459 e. The number of carbonyl (C=O) groups is 2. The molecule has 48 heavy (non-hydrogen) atoms. The van der Waals surface area contributed by atoms with Gasteiger partial charge in [0.05, 0.1) is 36.6 Å². The Morgan fingerprint density at radius 3 is 1.79 bits per heavy atom. The van der Waals surface area contributed by atoms with Crippen molar-refractivity contribution < 1.29 is 66.0 Å². The topological polar surface area (TPSA) is 152 Å². The van der Waals surface area contributed by atoms with Crippen LogP contribution in [0, 0.1) is 20.8 Å². The fourth-order valence-electron chi connectivity index (χ4n) is 6.42. The molecule has 0 amide bonds. The van der Waals surface area contributed by atoms with Gasteiger partial charge < -0.3 is 54.2 Å². The quantitative estimate of drug-likeness (QED) is 0.0594. The van der Waals surface area contributed by atoms with Crippen LogP contribution in [0.1, 0.15) is 137 Å². The average molecular weight is 729 g/mol. The van der Waals surface area contributed by atoms with E-state index in [0.717, 1.165) is 25.0 Å². The molecule has 11 heteroatoms. The van der Waals surface area contributed by atoms with E-state index in [1.165, 1.54) is 44.9 Å². The summed E-state index contributed by atoms with van der Waals surface area (Å²) in [7, 11) is 0. The van der Waals surface area contributed by atoms with Crippen molar-refractivity contribution in [1.82, 2.24) is 0 Å². The molecule has 0 bridgehead atoms. The van der Waals surface area contributed by atoms with Gasteiger partial charge in [-0.2, -0.15) is 0 Å². The molecule has 2 saturated carbocycles. The number of esters is 2. The first-order chi connectivity index (χ1) is 21.5. The molecule has 9 atom stereocenters. The molecule has 284 valence electrons. The van der Waals surface area contributed by atoms with Gasteiger partial charge in [-0.1, -0.05) is 58.8 Å². The summed E-state index contributed by atoms with van der Waals surface area (Å²) in [6.07, 6.45) is 12.3. The standard InChI is InChI=1S/C30H52O10.C5H10.2CH3.Fe/c1-5-22(31)15-24(33)16-23(32)13-19(3)37-28(35)11-12-29(36)39-26(6-2)17-25(34)18-27-14-20(4)38-30(40-27)21-9-7-8-10-21;1-2-4-5-3-1;;;/h11-12,19-27,30-34H,5-10,13-18H2,1-4H3;1-5H2;2*1H3;/q;;2*-1;+2/b12-11+;;;;. The van der Waals surface area contributed by atoms with E-state index in [4.69, 9.17) is 18.9 Å². The summed E-state index contributed by atoms with van der Waals surface area (Å²) in [5.41, 5.74) is 0. The summed E-state index contributed by atoms with van der Waals surface area (Å²) >= 11 is 0. The SMILES string of the molecule is C1CCCC1.CCC(O)CC(O)CC(O)CC(C)OC(=O)/C=C/C(=O)OC(CC)CC(O)CC1CC(C)OC(C2CCCC2)O1.[CH3-].[CH3-].[Fe+2]. The molecule has 0 radical (unpaired) electrons. The van der Waals surface area contributed by atoms with Crippen molar-refractivity contribution in [2.24, 2.45) is 5.92 Å². The van der Waals surface area contributed by atoms with Gasteiger partial charge in [0.2, 0.25) is 0 Å². The van der Waals surface area contributed by atoms with Gasteiger partial charge in [0.1, 0.15) is 12.2 Å². The van der Waals surface area contributed by atoms with Gasteiger partial charge in [0.25, 0.3) is 0 Å². The van der Waals surface area contributed by atoms with Crippen LogP contribution < -0.4 is 0 Å². The average Bonchev–Trinajstić information content (AvgIpc) is 3.73. The van der Waals surface area contributed by atoms with Crippen LogP contribution in [0.3, 0.4) is 0 Å². The maximum atomic E-state index is 12.3. The number of hydrogen-bond acceptors (Lipinski definition) is 10. The Balaban J connectivity index is 0. The Morgan fingerprint density at radius 1 is 0.729 bits per heavy atom. The zero-order chi connectivity index (χ0) is 33.2. The molecule has 0 spiro atoms. The van der Waals surface area contributed by atoms with E-state index in [1.807, 2.05) is 13.8 Å². The number of ether oxygens (including phenoxy) is 4. The Morgan fingerprint density at radius 2 is 1.25 bits per heavy atom. The zero-order valence-electron chi connectivity index (χ0n) is 30.5. The van der Waals surface area contributed by atoms with Crippen molar-refractivity contribution in [2.45, 2.75) is 192 Å². The fraction of sp³-hybridized carbons (Fsp3) is 0.838. The van der Waals surface area contributed by atoms with Crippen molar-refractivity contribution in [2.75, 3.05) is 0 Å². The van der Waals surface area contributed by atoms with E-state index in [-0.39, 0.29) is 76.1 Å². The molecule has 2 aliphatic carbocycles. The molecule has 4 N–H and O–H groups in total. The maximum absolute atomic E-state index is 12.3. The van der Waals surface area contributed by atoms with Gasteiger partial charge in [-0.3, -0.25) is 0 Å². The minimum atomic E-state index is -0.907. The van der Waals surface area contributed by atoms with Crippen molar-refractivity contribution in [1.29, 1.82) is 0 Å². The molecule has 10 nitrogen and oxygen atoms in total. The smallest absolute Gasteiger partial charge is 0.459 e. The third kappa shape index (κ3) is 21.2. The predicted molar refractivity (Wildman–Crippen MR) is 184 cm³/mol. The van der Waals surface area contributed by atoms with Gasteiger partial charge in [0.15, 0.2) is 6.29 Å². The molecular formula is C37H68FeO10. The van der Waals surface area contributed by atoms with Crippen molar-refractivity contribution >= 4 is 11.9 Å².